The van der Waals surface area contributed by atoms with E-state index in [1.54, 1.807) is 13.8 Å². The van der Waals surface area contributed by atoms with Crippen molar-refractivity contribution < 1.29 is 26.7 Å². The molecule has 3 rings (SSSR count). The average Bonchev–Trinajstić information content (AvgIpc) is 3.04. The SMILES string of the molecule is CC1(C)OC2(CCCN(S(=O)(=O)c3csc(C(F)F)n3)C2)NC1=O. The van der Waals surface area contributed by atoms with Gasteiger partial charge in [-0.3, -0.25) is 4.79 Å². The number of sulfonamides is 1. The molecule has 3 heterocycles. The van der Waals surface area contributed by atoms with Crippen molar-refractivity contribution in [1.29, 1.82) is 0 Å². The van der Waals surface area contributed by atoms with Crippen LogP contribution in [0.1, 0.15) is 38.1 Å². The maximum absolute atomic E-state index is 12.7. The number of thiazole rings is 1. The van der Waals surface area contributed by atoms with Crippen molar-refractivity contribution in [2.45, 2.75) is 49.5 Å². The Morgan fingerprint density at radius 2 is 2.17 bits per heavy atom. The zero-order valence-electron chi connectivity index (χ0n) is 13.1. The number of hydrogen-bond acceptors (Lipinski definition) is 6. The van der Waals surface area contributed by atoms with Crippen LogP contribution in [0.25, 0.3) is 0 Å². The Hall–Kier alpha value is -1.17. The fraction of sp³-hybridized carbons (Fsp3) is 0.692. The quantitative estimate of drug-likeness (QED) is 0.857. The Bertz CT molecular complexity index is 765. The topological polar surface area (TPSA) is 88.6 Å². The van der Waals surface area contributed by atoms with E-state index in [-0.39, 0.29) is 19.0 Å². The molecule has 1 N–H and O–H groups in total. The summed E-state index contributed by atoms with van der Waals surface area (Å²) >= 11 is 0.604. The van der Waals surface area contributed by atoms with Gasteiger partial charge in [0.1, 0.15) is 5.60 Å². The second kappa shape index (κ2) is 5.68. The molecular weight excluding hydrogens is 364 g/mol. The summed E-state index contributed by atoms with van der Waals surface area (Å²) in [6.07, 6.45) is -1.86. The molecule has 11 heteroatoms. The molecular formula is C13H17F2N3O4S2. The third-order valence-electron chi connectivity index (χ3n) is 4.05. The van der Waals surface area contributed by atoms with E-state index in [1.807, 2.05) is 0 Å². The molecule has 2 fully saturated rings. The lowest BCUT2D eigenvalue weighted by atomic mass is 10.0. The van der Waals surface area contributed by atoms with Gasteiger partial charge in [-0.05, 0) is 26.7 Å². The maximum atomic E-state index is 12.7. The van der Waals surface area contributed by atoms with Gasteiger partial charge in [0.05, 0.1) is 6.54 Å². The Balaban J connectivity index is 1.85. The summed E-state index contributed by atoms with van der Waals surface area (Å²) in [4.78, 5) is 15.5. The summed E-state index contributed by atoms with van der Waals surface area (Å²) in [6, 6.07) is 0. The van der Waals surface area contributed by atoms with Crippen LogP contribution in [0.2, 0.25) is 0 Å². The maximum Gasteiger partial charge on any atom is 0.289 e. The zero-order chi connectivity index (χ0) is 17.8. The molecule has 1 amide bonds. The van der Waals surface area contributed by atoms with Crippen LogP contribution in [0, 0.1) is 0 Å². The normalized spacial score (nSPS) is 27.8. The molecule has 2 saturated heterocycles. The number of rotatable bonds is 3. The van der Waals surface area contributed by atoms with Gasteiger partial charge in [0.15, 0.2) is 15.8 Å². The molecule has 24 heavy (non-hydrogen) atoms. The molecule has 0 saturated carbocycles. The van der Waals surface area contributed by atoms with Crippen molar-refractivity contribution in [3.63, 3.8) is 0 Å². The number of nitrogens with one attached hydrogen (secondary N) is 1. The van der Waals surface area contributed by atoms with Crippen molar-refractivity contribution in [2.24, 2.45) is 0 Å². The first-order chi connectivity index (χ1) is 11.1. The zero-order valence-corrected chi connectivity index (χ0v) is 14.7. The van der Waals surface area contributed by atoms with E-state index in [4.69, 9.17) is 4.74 Å². The molecule has 0 aliphatic carbocycles. The monoisotopic (exact) mass is 381 g/mol. The highest BCUT2D eigenvalue weighted by atomic mass is 32.2. The van der Waals surface area contributed by atoms with Gasteiger partial charge >= 0.3 is 0 Å². The number of ether oxygens (including phenoxy) is 1. The summed E-state index contributed by atoms with van der Waals surface area (Å²) in [5.41, 5.74) is -2.14. The van der Waals surface area contributed by atoms with E-state index < -0.39 is 37.8 Å². The number of aromatic nitrogens is 1. The standard InChI is InChI=1S/C13H17F2N3O4S2/c1-12(2)11(19)17-13(22-12)4-3-5-18(7-13)24(20,21)8-6-23-10(16-8)9(14)15/h6,9H,3-5,7H2,1-2H3,(H,17,19). The van der Waals surface area contributed by atoms with Crippen LogP contribution in [0.5, 0.6) is 0 Å². The molecule has 7 nitrogen and oxygen atoms in total. The Labute approximate surface area is 142 Å². The van der Waals surface area contributed by atoms with Crippen molar-refractivity contribution in [1.82, 2.24) is 14.6 Å². The molecule has 1 atom stereocenters. The van der Waals surface area contributed by atoms with E-state index in [0.29, 0.717) is 24.2 Å². The van der Waals surface area contributed by atoms with E-state index in [9.17, 15) is 22.0 Å². The Morgan fingerprint density at radius 1 is 1.46 bits per heavy atom. The highest BCUT2D eigenvalue weighted by Crippen LogP contribution is 2.36. The molecule has 2 aliphatic rings. The second-order valence-electron chi connectivity index (χ2n) is 6.33. The van der Waals surface area contributed by atoms with Crippen molar-refractivity contribution in [3.05, 3.63) is 10.4 Å². The Kier molecular flexibility index (Phi) is 4.18. The minimum atomic E-state index is -4.02. The van der Waals surface area contributed by atoms with Crippen molar-refractivity contribution >= 4 is 27.3 Å². The first-order valence-corrected chi connectivity index (χ1v) is 9.64. The van der Waals surface area contributed by atoms with Gasteiger partial charge in [-0.25, -0.2) is 22.2 Å². The number of nitrogens with zero attached hydrogens (tertiary/aromatic N) is 2. The largest absolute Gasteiger partial charge is 0.339 e. The molecule has 2 aliphatic heterocycles. The van der Waals surface area contributed by atoms with Crippen molar-refractivity contribution in [3.8, 4) is 0 Å². The number of hydrogen-bond donors (Lipinski definition) is 1. The smallest absolute Gasteiger partial charge is 0.289 e. The van der Waals surface area contributed by atoms with E-state index in [2.05, 4.69) is 10.3 Å². The fourth-order valence-corrected chi connectivity index (χ4v) is 5.36. The predicted octanol–water partition coefficient (Wildman–Crippen LogP) is 1.49. The van der Waals surface area contributed by atoms with Gasteiger partial charge in [0.25, 0.3) is 22.4 Å². The Morgan fingerprint density at radius 3 is 2.71 bits per heavy atom. The molecule has 1 aromatic heterocycles. The molecule has 0 bridgehead atoms. The molecule has 1 unspecified atom stereocenters. The lowest BCUT2D eigenvalue weighted by Crippen LogP contribution is -2.56. The minimum absolute atomic E-state index is 0.0773. The van der Waals surface area contributed by atoms with Crippen LogP contribution in [0.3, 0.4) is 0 Å². The first kappa shape index (κ1) is 17.6. The summed E-state index contributed by atoms with van der Waals surface area (Å²) in [5.74, 6) is -0.310. The summed E-state index contributed by atoms with van der Waals surface area (Å²) in [7, 11) is -4.02. The molecule has 134 valence electrons. The average molecular weight is 381 g/mol. The fourth-order valence-electron chi connectivity index (χ4n) is 2.92. The predicted molar refractivity (Wildman–Crippen MR) is 81.1 cm³/mol. The van der Waals surface area contributed by atoms with Gasteiger partial charge in [0.2, 0.25) is 0 Å². The summed E-state index contributed by atoms with van der Waals surface area (Å²) < 4.78 is 57.5. The summed E-state index contributed by atoms with van der Waals surface area (Å²) in [5, 5.41) is 2.90. The van der Waals surface area contributed by atoms with Crippen LogP contribution < -0.4 is 5.32 Å². The van der Waals surface area contributed by atoms with E-state index >= 15 is 0 Å². The second-order valence-corrected chi connectivity index (χ2v) is 9.10. The van der Waals surface area contributed by atoms with Gasteiger partial charge in [-0.15, -0.1) is 11.3 Å². The van der Waals surface area contributed by atoms with Crippen LogP contribution >= 0.6 is 11.3 Å². The van der Waals surface area contributed by atoms with Crippen molar-refractivity contribution in [2.75, 3.05) is 13.1 Å². The number of alkyl halides is 2. The number of carbonyl (C=O) groups is 1. The number of halogens is 2. The van der Waals surface area contributed by atoms with Crippen LogP contribution in [0.4, 0.5) is 8.78 Å². The van der Waals surface area contributed by atoms with E-state index in [1.165, 1.54) is 0 Å². The van der Waals surface area contributed by atoms with Crippen LogP contribution in [0.15, 0.2) is 10.4 Å². The highest BCUT2D eigenvalue weighted by Gasteiger charge is 2.53. The highest BCUT2D eigenvalue weighted by molar-refractivity contribution is 7.89. The number of piperidine rings is 1. The third-order valence-corrected chi connectivity index (χ3v) is 6.78. The number of amides is 1. The van der Waals surface area contributed by atoms with E-state index in [0.717, 1.165) is 9.69 Å². The third kappa shape index (κ3) is 2.93. The van der Waals surface area contributed by atoms with Crippen LogP contribution in [-0.4, -0.2) is 48.0 Å². The van der Waals surface area contributed by atoms with Gasteiger partial charge in [0, 0.05) is 11.9 Å². The van der Waals surface area contributed by atoms with Gasteiger partial charge < -0.3 is 10.1 Å². The molecule has 0 aromatic carbocycles. The first-order valence-electron chi connectivity index (χ1n) is 7.32. The lowest BCUT2D eigenvalue weighted by Gasteiger charge is -2.38. The molecule has 1 spiro atoms. The van der Waals surface area contributed by atoms with Crippen LogP contribution in [-0.2, 0) is 19.6 Å². The minimum Gasteiger partial charge on any atom is -0.339 e. The number of carbonyl (C=O) groups excluding carboxylic acids is 1. The van der Waals surface area contributed by atoms with Gasteiger partial charge in [-0.2, -0.15) is 4.31 Å². The molecule has 0 radical (unpaired) electrons. The lowest BCUT2D eigenvalue weighted by molar-refractivity contribution is -0.137. The summed E-state index contributed by atoms with van der Waals surface area (Å²) in [6.45, 7) is 3.36. The molecule has 1 aromatic rings. The van der Waals surface area contributed by atoms with Gasteiger partial charge in [-0.1, -0.05) is 0 Å².